The number of aliphatic hydroxyl groups excluding tert-OH is 1. The first kappa shape index (κ1) is 19.7. The number of sulfonamides is 1. The van der Waals surface area contributed by atoms with Gasteiger partial charge in [-0.2, -0.15) is 0 Å². The zero-order valence-corrected chi connectivity index (χ0v) is 17.1. The van der Waals surface area contributed by atoms with Gasteiger partial charge in [0, 0.05) is 36.1 Å². The van der Waals surface area contributed by atoms with Crippen LogP contribution in [-0.4, -0.2) is 42.8 Å². The molecule has 1 aromatic heterocycles. The Hall–Kier alpha value is -3.65. The van der Waals surface area contributed by atoms with Crippen LogP contribution in [0.4, 0.5) is 0 Å². The number of allylic oxidation sites excluding steroid dienone is 1. The molecule has 0 spiro atoms. The van der Waals surface area contributed by atoms with Crippen molar-refractivity contribution < 1.29 is 23.1 Å². The standard InChI is InChI=1S/C22H18N2O5S/c1-24-20(22(26)16-8-3-4-9-19(16)30(24,27)28)21(25)15-7-5-6-14(12-15)17-13-23-11-10-18(17)29-2/h3-13,26H,1-2H3. The minimum absolute atomic E-state index is 0.0459. The minimum Gasteiger partial charge on any atom is -0.505 e. The van der Waals surface area contributed by atoms with Crippen LogP contribution in [0.2, 0.25) is 0 Å². The topological polar surface area (TPSA) is 96.8 Å². The van der Waals surface area contributed by atoms with Crippen LogP contribution in [0.1, 0.15) is 15.9 Å². The second-order valence-corrected chi connectivity index (χ2v) is 8.59. The molecule has 0 amide bonds. The Labute approximate surface area is 173 Å². The number of rotatable bonds is 4. The Kier molecular flexibility index (Phi) is 4.79. The third-order valence-corrected chi connectivity index (χ3v) is 6.79. The first-order chi connectivity index (χ1) is 14.4. The second kappa shape index (κ2) is 7.31. The smallest absolute Gasteiger partial charge is 0.265 e. The Balaban J connectivity index is 1.84. The number of nitrogens with zero attached hydrogens (tertiary/aromatic N) is 2. The van der Waals surface area contributed by atoms with Gasteiger partial charge < -0.3 is 9.84 Å². The summed E-state index contributed by atoms with van der Waals surface area (Å²) >= 11 is 0. The van der Waals surface area contributed by atoms with Gasteiger partial charge in [-0.25, -0.2) is 8.42 Å². The summed E-state index contributed by atoms with van der Waals surface area (Å²) in [6.45, 7) is 0. The summed E-state index contributed by atoms with van der Waals surface area (Å²) in [7, 11) is -1.17. The molecule has 0 saturated heterocycles. The summed E-state index contributed by atoms with van der Waals surface area (Å²) in [5.41, 5.74) is 1.38. The average Bonchev–Trinajstić information content (AvgIpc) is 2.78. The van der Waals surface area contributed by atoms with Gasteiger partial charge in [0.05, 0.1) is 12.0 Å². The van der Waals surface area contributed by atoms with Gasteiger partial charge in [0.1, 0.15) is 11.4 Å². The molecule has 3 aromatic rings. The molecular formula is C22H18N2O5S. The van der Waals surface area contributed by atoms with Crippen LogP contribution in [0.3, 0.4) is 0 Å². The molecule has 1 N–H and O–H groups in total. The summed E-state index contributed by atoms with van der Waals surface area (Å²) in [6, 6.07) is 14.4. The molecule has 0 saturated carbocycles. The fraction of sp³-hybridized carbons (Fsp3) is 0.0909. The molecule has 0 radical (unpaired) electrons. The maximum Gasteiger partial charge on any atom is 0.265 e. The van der Waals surface area contributed by atoms with Gasteiger partial charge >= 0.3 is 0 Å². The fourth-order valence-electron chi connectivity index (χ4n) is 3.42. The lowest BCUT2D eigenvalue weighted by Crippen LogP contribution is -2.35. The monoisotopic (exact) mass is 422 g/mol. The molecule has 0 atom stereocenters. The quantitative estimate of drug-likeness (QED) is 0.647. The van der Waals surface area contributed by atoms with Gasteiger partial charge in [-0.3, -0.25) is 14.1 Å². The number of aromatic nitrogens is 1. The van der Waals surface area contributed by atoms with Gasteiger partial charge in [-0.1, -0.05) is 30.3 Å². The molecule has 30 heavy (non-hydrogen) atoms. The van der Waals surface area contributed by atoms with Crippen molar-refractivity contribution in [3.05, 3.63) is 83.8 Å². The molecule has 0 unspecified atom stereocenters. The average molecular weight is 422 g/mol. The fourth-order valence-corrected chi connectivity index (χ4v) is 4.82. The van der Waals surface area contributed by atoms with E-state index in [1.165, 1.54) is 26.3 Å². The number of Topliss-reactive ketones (excluding diaryl/α,β-unsaturated/α-hetero) is 1. The molecule has 152 valence electrons. The number of pyridine rings is 1. The van der Waals surface area contributed by atoms with Crippen molar-refractivity contribution >= 4 is 21.6 Å². The normalized spacial score (nSPS) is 14.9. The number of aliphatic hydroxyl groups is 1. The summed E-state index contributed by atoms with van der Waals surface area (Å²) < 4.78 is 31.9. The number of hydrogen-bond donors (Lipinski definition) is 1. The van der Waals surface area contributed by atoms with E-state index in [2.05, 4.69) is 4.98 Å². The lowest BCUT2D eigenvalue weighted by Gasteiger charge is -2.28. The Bertz CT molecular complexity index is 1300. The van der Waals surface area contributed by atoms with E-state index in [4.69, 9.17) is 4.74 Å². The van der Waals surface area contributed by atoms with E-state index in [9.17, 15) is 18.3 Å². The summed E-state index contributed by atoms with van der Waals surface area (Å²) in [5, 5.41) is 10.7. The van der Waals surface area contributed by atoms with E-state index in [-0.39, 0.29) is 27.5 Å². The largest absolute Gasteiger partial charge is 0.505 e. The highest BCUT2D eigenvalue weighted by atomic mass is 32.2. The number of ether oxygens (including phenoxy) is 1. The molecule has 0 bridgehead atoms. The van der Waals surface area contributed by atoms with Crippen LogP contribution in [0, 0.1) is 0 Å². The third-order valence-electron chi connectivity index (χ3n) is 4.97. The van der Waals surface area contributed by atoms with Crippen LogP contribution in [0.25, 0.3) is 16.9 Å². The predicted octanol–water partition coefficient (Wildman–Crippen LogP) is 3.50. The van der Waals surface area contributed by atoms with Gasteiger partial charge in [-0.15, -0.1) is 0 Å². The van der Waals surface area contributed by atoms with Gasteiger partial charge in [0.2, 0.25) is 5.78 Å². The number of fused-ring (bicyclic) bond motifs is 1. The highest BCUT2D eigenvalue weighted by Crippen LogP contribution is 2.36. The van der Waals surface area contributed by atoms with Gasteiger partial charge in [-0.05, 0) is 29.8 Å². The van der Waals surface area contributed by atoms with E-state index in [0.717, 1.165) is 4.31 Å². The zero-order chi connectivity index (χ0) is 21.5. The van der Waals surface area contributed by atoms with Gasteiger partial charge in [0.15, 0.2) is 5.76 Å². The Morgan fingerprint density at radius 3 is 2.60 bits per heavy atom. The van der Waals surface area contributed by atoms with E-state index in [1.54, 1.807) is 54.9 Å². The number of methoxy groups -OCH3 is 1. The molecule has 8 heteroatoms. The SMILES string of the molecule is COc1ccncc1-c1cccc(C(=O)C2=C(O)c3ccccc3S(=O)(=O)N2C)c1. The summed E-state index contributed by atoms with van der Waals surface area (Å²) in [5.74, 6) is -0.405. The summed E-state index contributed by atoms with van der Waals surface area (Å²) in [6.07, 6.45) is 3.21. The van der Waals surface area contributed by atoms with Crippen LogP contribution in [-0.2, 0) is 10.0 Å². The van der Waals surface area contributed by atoms with Crippen molar-refractivity contribution in [2.45, 2.75) is 4.90 Å². The number of hydrogen-bond acceptors (Lipinski definition) is 6. The number of carbonyl (C=O) groups is 1. The van der Waals surface area contributed by atoms with Crippen molar-refractivity contribution in [3.8, 4) is 16.9 Å². The Morgan fingerprint density at radius 1 is 1.07 bits per heavy atom. The molecule has 1 aliphatic heterocycles. The molecular weight excluding hydrogens is 404 g/mol. The summed E-state index contributed by atoms with van der Waals surface area (Å²) in [4.78, 5) is 17.3. The first-order valence-electron chi connectivity index (χ1n) is 9.01. The number of benzene rings is 2. The van der Waals surface area contributed by atoms with E-state index >= 15 is 0 Å². The molecule has 2 heterocycles. The first-order valence-corrected chi connectivity index (χ1v) is 10.4. The third kappa shape index (κ3) is 3.02. The van der Waals surface area contributed by atoms with E-state index in [1.807, 2.05) is 0 Å². The molecule has 0 fully saturated rings. The van der Waals surface area contributed by atoms with Crippen molar-refractivity contribution in [2.75, 3.05) is 14.2 Å². The maximum atomic E-state index is 13.3. The Morgan fingerprint density at radius 2 is 1.83 bits per heavy atom. The van der Waals surface area contributed by atoms with E-state index in [0.29, 0.717) is 16.9 Å². The maximum absolute atomic E-state index is 13.3. The van der Waals surface area contributed by atoms with Gasteiger partial charge in [0.25, 0.3) is 10.0 Å². The lowest BCUT2D eigenvalue weighted by molar-refractivity contribution is 0.101. The molecule has 2 aromatic carbocycles. The lowest BCUT2D eigenvalue weighted by atomic mass is 9.99. The van der Waals surface area contributed by atoms with Crippen LogP contribution in [0.15, 0.2) is 77.6 Å². The van der Waals surface area contributed by atoms with Crippen LogP contribution in [0.5, 0.6) is 5.75 Å². The van der Waals surface area contributed by atoms with Crippen molar-refractivity contribution in [2.24, 2.45) is 0 Å². The van der Waals surface area contributed by atoms with Crippen LogP contribution < -0.4 is 4.74 Å². The molecule has 1 aliphatic rings. The second-order valence-electron chi connectivity index (χ2n) is 6.65. The zero-order valence-electron chi connectivity index (χ0n) is 16.2. The number of ketones is 1. The molecule has 7 nitrogen and oxygen atoms in total. The van der Waals surface area contributed by atoms with Crippen molar-refractivity contribution in [3.63, 3.8) is 0 Å². The molecule has 0 aliphatic carbocycles. The van der Waals surface area contributed by atoms with Crippen molar-refractivity contribution in [1.29, 1.82) is 0 Å². The number of carbonyl (C=O) groups excluding carboxylic acids is 1. The highest BCUT2D eigenvalue weighted by Gasteiger charge is 2.37. The highest BCUT2D eigenvalue weighted by molar-refractivity contribution is 7.89. The predicted molar refractivity (Wildman–Crippen MR) is 111 cm³/mol. The van der Waals surface area contributed by atoms with E-state index < -0.39 is 15.8 Å². The minimum atomic E-state index is -3.96. The van der Waals surface area contributed by atoms with Crippen molar-refractivity contribution in [1.82, 2.24) is 9.29 Å². The molecule has 4 rings (SSSR count). The number of likely N-dealkylation sites (N-methyl/N-ethyl adjacent to an activating group) is 1. The van der Waals surface area contributed by atoms with Crippen LogP contribution >= 0.6 is 0 Å².